The lowest BCUT2D eigenvalue weighted by atomic mass is 10.0. The first-order chi connectivity index (χ1) is 7.84. The lowest BCUT2D eigenvalue weighted by Gasteiger charge is -2.10. The number of nitrogens with one attached hydrogen (secondary N) is 1. The summed E-state index contributed by atoms with van der Waals surface area (Å²) in [6.45, 7) is 1.45. The molecule has 0 bridgehead atoms. The van der Waals surface area contributed by atoms with Gasteiger partial charge in [0.25, 0.3) is 0 Å². The van der Waals surface area contributed by atoms with Gasteiger partial charge in [-0.05, 0) is 12.5 Å². The standard InChI is InChI=1S/C12H12N2O2/c15-12-13-10-4-2-1-3-9(10)11(14-12)8-5-6-16-7-8/h1-4,8H,5-7H2,(H,13,14,15). The third-order valence-corrected chi connectivity index (χ3v) is 3.00. The molecule has 1 aliphatic heterocycles. The van der Waals surface area contributed by atoms with Gasteiger partial charge in [0.1, 0.15) is 0 Å². The van der Waals surface area contributed by atoms with Crippen LogP contribution in [-0.4, -0.2) is 23.2 Å². The van der Waals surface area contributed by atoms with Gasteiger partial charge in [-0.15, -0.1) is 0 Å². The molecule has 0 saturated carbocycles. The number of benzene rings is 1. The molecular weight excluding hydrogens is 204 g/mol. The first-order valence-electron chi connectivity index (χ1n) is 5.41. The summed E-state index contributed by atoms with van der Waals surface area (Å²) in [7, 11) is 0. The molecule has 1 atom stereocenters. The molecule has 0 radical (unpaired) electrons. The first-order valence-corrected chi connectivity index (χ1v) is 5.41. The van der Waals surface area contributed by atoms with Gasteiger partial charge >= 0.3 is 5.69 Å². The number of hydrogen-bond acceptors (Lipinski definition) is 3. The summed E-state index contributed by atoms with van der Waals surface area (Å²) in [4.78, 5) is 18.3. The Morgan fingerprint density at radius 2 is 2.25 bits per heavy atom. The minimum atomic E-state index is -0.277. The molecule has 1 unspecified atom stereocenters. The largest absolute Gasteiger partial charge is 0.381 e. The number of H-pyrrole nitrogens is 1. The summed E-state index contributed by atoms with van der Waals surface area (Å²) >= 11 is 0. The third-order valence-electron chi connectivity index (χ3n) is 3.00. The number of para-hydroxylation sites is 1. The van der Waals surface area contributed by atoms with Crippen molar-refractivity contribution in [1.29, 1.82) is 0 Å². The first kappa shape index (κ1) is 9.54. The van der Waals surface area contributed by atoms with E-state index in [0.717, 1.165) is 29.6 Å². The van der Waals surface area contributed by atoms with Crippen molar-refractivity contribution in [3.8, 4) is 0 Å². The fourth-order valence-corrected chi connectivity index (χ4v) is 2.20. The average molecular weight is 216 g/mol. The minimum Gasteiger partial charge on any atom is -0.381 e. The highest BCUT2D eigenvalue weighted by Crippen LogP contribution is 2.27. The number of fused-ring (bicyclic) bond motifs is 1. The summed E-state index contributed by atoms with van der Waals surface area (Å²) in [6.07, 6.45) is 0.962. The zero-order valence-electron chi connectivity index (χ0n) is 8.77. The van der Waals surface area contributed by atoms with E-state index in [1.807, 2.05) is 24.3 Å². The Bertz CT molecular complexity index is 570. The summed E-state index contributed by atoms with van der Waals surface area (Å²) in [6, 6.07) is 7.71. The summed E-state index contributed by atoms with van der Waals surface area (Å²) in [5.74, 6) is 0.292. The van der Waals surface area contributed by atoms with Crippen molar-refractivity contribution in [1.82, 2.24) is 9.97 Å². The average Bonchev–Trinajstić information content (AvgIpc) is 2.81. The highest BCUT2D eigenvalue weighted by molar-refractivity contribution is 5.80. The van der Waals surface area contributed by atoms with Crippen LogP contribution in [0.4, 0.5) is 0 Å². The van der Waals surface area contributed by atoms with Crippen molar-refractivity contribution < 1.29 is 4.74 Å². The van der Waals surface area contributed by atoms with Gasteiger partial charge < -0.3 is 9.72 Å². The molecule has 1 aromatic carbocycles. The fourth-order valence-electron chi connectivity index (χ4n) is 2.20. The molecule has 4 nitrogen and oxygen atoms in total. The molecule has 16 heavy (non-hydrogen) atoms. The van der Waals surface area contributed by atoms with E-state index >= 15 is 0 Å². The number of ether oxygens (including phenoxy) is 1. The second-order valence-electron chi connectivity index (χ2n) is 4.03. The van der Waals surface area contributed by atoms with E-state index in [9.17, 15) is 4.79 Å². The second-order valence-corrected chi connectivity index (χ2v) is 4.03. The second kappa shape index (κ2) is 3.72. The molecule has 0 aliphatic carbocycles. The Kier molecular flexibility index (Phi) is 2.22. The zero-order chi connectivity index (χ0) is 11.0. The Balaban J connectivity index is 2.25. The molecule has 1 aromatic heterocycles. The number of aromatic nitrogens is 2. The Hall–Kier alpha value is -1.68. The van der Waals surface area contributed by atoms with E-state index in [2.05, 4.69) is 9.97 Å². The van der Waals surface area contributed by atoms with Crippen LogP contribution in [0.5, 0.6) is 0 Å². The third kappa shape index (κ3) is 1.51. The lowest BCUT2D eigenvalue weighted by Crippen LogP contribution is -2.15. The van der Waals surface area contributed by atoms with E-state index in [0.29, 0.717) is 12.5 Å². The van der Waals surface area contributed by atoms with Gasteiger partial charge in [0, 0.05) is 23.6 Å². The van der Waals surface area contributed by atoms with Gasteiger partial charge in [-0.25, -0.2) is 4.79 Å². The highest BCUT2D eigenvalue weighted by atomic mass is 16.5. The molecule has 2 heterocycles. The molecule has 0 spiro atoms. The predicted molar refractivity (Wildman–Crippen MR) is 60.5 cm³/mol. The van der Waals surface area contributed by atoms with E-state index in [4.69, 9.17) is 4.74 Å². The summed E-state index contributed by atoms with van der Waals surface area (Å²) in [5, 5.41) is 1.03. The van der Waals surface area contributed by atoms with Crippen LogP contribution in [0, 0.1) is 0 Å². The van der Waals surface area contributed by atoms with Gasteiger partial charge in [-0.1, -0.05) is 18.2 Å². The SMILES string of the molecule is O=c1nc2ccccc2c(C2CCOC2)[nH]1. The van der Waals surface area contributed by atoms with Crippen LogP contribution in [0.1, 0.15) is 18.0 Å². The zero-order valence-corrected chi connectivity index (χ0v) is 8.77. The Labute approximate surface area is 92.3 Å². The van der Waals surface area contributed by atoms with Gasteiger partial charge in [-0.2, -0.15) is 4.98 Å². The molecule has 2 aromatic rings. The lowest BCUT2D eigenvalue weighted by molar-refractivity contribution is 0.193. The van der Waals surface area contributed by atoms with Crippen LogP contribution in [0.3, 0.4) is 0 Å². The maximum absolute atomic E-state index is 11.5. The van der Waals surface area contributed by atoms with E-state index in [1.54, 1.807) is 0 Å². The smallest absolute Gasteiger partial charge is 0.345 e. The topological polar surface area (TPSA) is 55.0 Å². The van der Waals surface area contributed by atoms with Crippen molar-refractivity contribution in [2.45, 2.75) is 12.3 Å². The molecule has 4 heteroatoms. The predicted octanol–water partition coefficient (Wildman–Crippen LogP) is 1.43. The summed E-state index contributed by atoms with van der Waals surface area (Å²) < 4.78 is 5.36. The number of rotatable bonds is 1. The van der Waals surface area contributed by atoms with Crippen LogP contribution in [0.25, 0.3) is 10.9 Å². The maximum atomic E-state index is 11.5. The highest BCUT2D eigenvalue weighted by Gasteiger charge is 2.21. The Morgan fingerprint density at radius 3 is 3.06 bits per heavy atom. The minimum absolute atomic E-state index is 0.277. The molecule has 1 N–H and O–H groups in total. The number of hydrogen-bond donors (Lipinski definition) is 1. The van der Waals surface area contributed by atoms with Crippen LogP contribution >= 0.6 is 0 Å². The molecule has 1 saturated heterocycles. The van der Waals surface area contributed by atoms with Crippen molar-refractivity contribution >= 4 is 10.9 Å². The molecule has 1 fully saturated rings. The molecular formula is C12H12N2O2. The van der Waals surface area contributed by atoms with Gasteiger partial charge in [0.2, 0.25) is 0 Å². The molecule has 0 amide bonds. The van der Waals surface area contributed by atoms with E-state index in [-0.39, 0.29) is 5.69 Å². The van der Waals surface area contributed by atoms with Crippen LogP contribution in [0.15, 0.2) is 29.1 Å². The van der Waals surface area contributed by atoms with Crippen LogP contribution in [0.2, 0.25) is 0 Å². The van der Waals surface area contributed by atoms with Crippen molar-refractivity contribution in [2.75, 3.05) is 13.2 Å². The van der Waals surface area contributed by atoms with E-state index < -0.39 is 0 Å². The van der Waals surface area contributed by atoms with Crippen LogP contribution in [-0.2, 0) is 4.74 Å². The van der Waals surface area contributed by atoms with Gasteiger partial charge in [0.15, 0.2) is 0 Å². The number of nitrogens with zero attached hydrogens (tertiary/aromatic N) is 1. The summed E-state index contributed by atoms with van der Waals surface area (Å²) in [5.41, 5.74) is 1.45. The monoisotopic (exact) mass is 216 g/mol. The molecule has 82 valence electrons. The molecule has 3 rings (SSSR count). The van der Waals surface area contributed by atoms with E-state index in [1.165, 1.54) is 0 Å². The van der Waals surface area contributed by atoms with Crippen molar-refractivity contribution in [3.05, 3.63) is 40.4 Å². The number of aromatic amines is 1. The van der Waals surface area contributed by atoms with Crippen molar-refractivity contribution in [3.63, 3.8) is 0 Å². The van der Waals surface area contributed by atoms with Gasteiger partial charge in [-0.3, -0.25) is 0 Å². The van der Waals surface area contributed by atoms with Crippen LogP contribution < -0.4 is 5.69 Å². The Morgan fingerprint density at radius 1 is 1.38 bits per heavy atom. The quantitative estimate of drug-likeness (QED) is 0.784. The maximum Gasteiger partial charge on any atom is 0.345 e. The molecule has 1 aliphatic rings. The fraction of sp³-hybridized carbons (Fsp3) is 0.333. The normalized spacial score (nSPS) is 20.4. The van der Waals surface area contributed by atoms with Crippen molar-refractivity contribution in [2.24, 2.45) is 0 Å². The van der Waals surface area contributed by atoms with Gasteiger partial charge in [0.05, 0.1) is 12.1 Å².